The zero-order valence-corrected chi connectivity index (χ0v) is 10.8. The number of amides is 1. The smallest absolute Gasteiger partial charge is 0.222 e. The highest BCUT2D eigenvalue weighted by molar-refractivity contribution is 6.17. The Morgan fingerprint density at radius 1 is 1.53 bits per heavy atom. The van der Waals surface area contributed by atoms with Crippen LogP contribution in [0.4, 0.5) is 0 Å². The van der Waals surface area contributed by atoms with Crippen LogP contribution in [0.3, 0.4) is 0 Å². The van der Waals surface area contributed by atoms with Crippen molar-refractivity contribution in [3.63, 3.8) is 0 Å². The standard InChI is InChI=1S/C11H17ClN4O/c1-15(11(17)5-2-6-12)8-10-14-13-9-4-3-7-16(9)10/h2-8H2,1H3. The summed E-state index contributed by atoms with van der Waals surface area (Å²) in [7, 11) is 1.80. The molecule has 0 radical (unpaired) electrons. The van der Waals surface area contributed by atoms with Gasteiger partial charge in [-0.3, -0.25) is 4.79 Å². The molecule has 2 rings (SSSR count). The molecule has 0 aliphatic carbocycles. The second-order valence-electron chi connectivity index (χ2n) is 4.33. The molecule has 1 aliphatic heterocycles. The van der Waals surface area contributed by atoms with Crippen LogP contribution in [0.25, 0.3) is 0 Å². The molecule has 0 N–H and O–H groups in total. The minimum absolute atomic E-state index is 0.112. The van der Waals surface area contributed by atoms with E-state index < -0.39 is 0 Å². The molecule has 17 heavy (non-hydrogen) atoms. The molecule has 6 heteroatoms. The average molecular weight is 257 g/mol. The average Bonchev–Trinajstić information content (AvgIpc) is 2.90. The predicted octanol–water partition coefficient (Wildman–Crippen LogP) is 1.20. The molecule has 0 saturated carbocycles. The fraction of sp³-hybridized carbons (Fsp3) is 0.727. The van der Waals surface area contributed by atoms with Crippen LogP contribution < -0.4 is 0 Å². The molecule has 1 aromatic rings. The number of hydrogen-bond acceptors (Lipinski definition) is 3. The molecule has 1 aromatic heterocycles. The molecule has 2 heterocycles. The maximum Gasteiger partial charge on any atom is 0.222 e. The summed E-state index contributed by atoms with van der Waals surface area (Å²) in [6.45, 7) is 1.51. The summed E-state index contributed by atoms with van der Waals surface area (Å²) in [6.07, 6.45) is 3.35. The summed E-state index contributed by atoms with van der Waals surface area (Å²) >= 11 is 5.57. The Labute approximate surface area is 106 Å². The number of alkyl halides is 1. The number of halogens is 1. The Hall–Kier alpha value is -1.10. The topological polar surface area (TPSA) is 51.0 Å². The van der Waals surface area contributed by atoms with Crippen LogP contribution in [0.15, 0.2) is 0 Å². The highest BCUT2D eigenvalue weighted by Gasteiger charge is 2.19. The van der Waals surface area contributed by atoms with Gasteiger partial charge in [0.05, 0.1) is 6.54 Å². The van der Waals surface area contributed by atoms with E-state index >= 15 is 0 Å². The fourth-order valence-electron chi connectivity index (χ4n) is 2.04. The highest BCUT2D eigenvalue weighted by atomic mass is 35.5. The second-order valence-corrected chi connectivity index (χ2v) is 4.71. The Morgan fingerprint density at radius 3 is 3.12 bits per heavy atom. The van der Waals surface area contributed by atoms with E-state index in [2.05, 4.69) is 14.8 Å². The lowest BCUT2D eigenvalue weighted by molar-refractivity contribution is -0.130. The lowest BCUT2D eigenvalue weighted by atomic mass is 10.3. The normalized spacial score (nSPS) is 13.8. The van der Waals surface area contributed by atoms with Crippen LogP contribution in [-0.4, -0.2) is 38.5 Å². The lowest BCUT2D eigenvalue weighted by Gasteiger charge is -2.16. The minimum atomic E-state index is 0.112. The number of aromatic nitrogens is 3. The number of hydrogen-bond donors (Lipinski definition) is 0. The quantitative estimate of drug-likeness (QED) is 0.744. The number of nitrogens with zero attached hydrogens (tertiary/aromatic N) is 4. The molecule has 0 atom stereocenters. The van der Waals surface area contributed by atoms with Gasteiger partial charge in [0.1, 0.15) is 5.82 Å². The summed E-state index contributed by atoms with van der Waals surface area (Å²) in [4.78, 5) is 13.4. The zero-order valence-electron chi connectivity index (χ0n) is 10.0. The minimum Gasteiger partial charge on any atom is -0.338 e. The van der Waals surface area contributed by atoms with E-state index in [1.165, 1.54) is 0 Å². The lowest BCUT2D eigenvalue weighted by Crippen LogP contribution is -2.27. The second kappa shape index (κ2) is 5.49. The Bertz CT molecular complexity index is 404. The van der Waals surface area contributed by atoms with Crippen molar-refractivity contribution >= 4 is 17.5 Å². The van der Waals surface area contributed by atoms with Gasteiger partial charge in [0.15, 0.2) is 5.82 Å². The first-order chi connectivity index (χ1) is 8.22. The Morgan fingerprint density at radius 2 is 2.35 bits per heavy atom. The van der Waals surface area contributed by atoms with E-state index in [4.69, 9.17) is 11.6 Å². The van der Waals surface area contributed by atoms with Crippen LogP contribution in [-0.2, 0) is 24.3 Å². The predicted molar refractivity (Wildman–Crippen MR) is 64.8 cm³/mol. The van der Waals surface area contributed by atoms with Crippen molar-refractivity contribution < 1.29 is 4.79 Å². The van der Waals surface area contributed by atoms with Gasteiger partial charge in [-0.1, -0.05) is 0 Å². The summed E-state index contributed by atoms with van der Waals surface area (Å²) in [5.74, 6) is 2.57. The van der Waals surface area contributed by atoms with Crippen molar-refractivity contribution in [2.75, 3.05) is 12.9 Å². The first-order valence-corrected chi connectivity index (χ1v) is 6.46. The molecule has 0 bridgehead atoms. The third kappa shape index (κ3) is 2.77. The molecule has 0 aromatic carbocycles. The van der Waals surface area contributed by atoms with Gasteiger partial charge in [-0.2, -0.15) is 0 Å². The largest absolute Gasteiger partial charge is 0.338 e. The maximum absolute atomic E-state index is 11.7. The van der Waals surface area contributed by atoms with Crippen molar-refractivity contribution in [2.24, 2.45) is 0 Å². The van der Waals surface area contributed by atoms with Crippen LogP contribution >= 0.6 is 11.6 Å². The van der Waals surface area contributed by atoms with Crippen molar-refractivity contribution in [3.8, 4) is 0 Å². The van der Waals surface area contributed by atoms with Crippen molar-refractivity contribution in [2.45, 2.75) is 38.8 Å². The summed E-state index contributed by atoms with van der Waals surface area (Å²) in [5.41, 5.74) is 0. The number of fused-ring (bicyclic) bond motifs is 1. The van der Waals surface area contributed by atoms with Gasteiger partial charge in [-0.15, -0.1) is 21.8 Å². The van der Waals surface area contributed by atoms with E-state index in [9.17, 15) is 4.79 Å². The molecule has 0 spiro atoms. The van der Waals surface area contributed by atoms with Crippen LogP contribution in [0, 0.1) is 0 Å². The van der Waals surface area contributed by atoms with Gasteiger partial charge < -0.3 is 9.47 Å². The molecule has 0 unspecified atom stereocenters. The highest BCUT2D eigenvalue weighted by Crippen LogP contribution is 2.15. The molecule has 94 valence electrons. The molecule has 5 nitrogen and oxygen atoms in total. The van der Waals surface area contributed by atoms with E-state index in [1.54, 1.807) is 11.9 Å². The first kappa shape index (κ1) is 12.4. The van der Waals surface area contributed by atoms with Crippen LogP contribution in [0.1, 0.15) is 30.9 Å². The third-order valence-electron chi connectivity index (χ3n) is 3.01. The number of rotatable bonds is 5. The Balaban J connectivity index is 1.93. The van der Waals surface area contributed by atoms with Gasteiger partial charge in [0.25, 0.3) is 0 Å². The monoisotopic (exact) mass is 256 g/mol. The van der Waals surface area contributed by atoms with E-state index in [-0.39, 0.29) is 5.91 Å². The summed E-state index contributed by atoms with van der Waals surface area (Å²) in [6, 6.07) is 0. The van der Waals surface area contributed by atoms with Gasteiger partial charge in [0, 0.05) is 32.3 Å². The first-order valence-electron chi connectivity index (χ1n) is 5.93. The van der Waals surface area contributed by atoms with E-state index in [0.29, 0.717) is 18.8 Å². The van der Waals surface area contributed by atoms with Gasteiger partial charge in [-0.05, 0) is 12.8 Å². The maximum atomic E-state index is 11.7. The summed E-state index contributed by atoms with van der Waals surface area (Å²) < 4.78 is 2.12. The number of carbonyl (C=O) groups excluding carboxylic acids is 1. The molecule has 1 amide bonds. The van der Waals surface area contributed by atoms with Gasteiger partial charge in [0.2, 0.25) is 5.91 Å². The van der Waals surface area contributed by atoms with Crippen molar-refractivity contribution in [1.82, 2.24) is 19.7 Å². The Kier molecular flexibility index (Phi) is 3.99. The number of aryl methyl sites for hydroxylation is 1. The molecule has 0 fully saturated rings. The fourth-order valence-corrected chi connectivity index (χ4v) is 2.17. The molecular weight excluding hydrogens is 240 g/mol. The molecule has 0 saturated heterocycles. The SMILES string of the molecule is CN(Cc1nnc2n1CCC2)C(=O)CCCCl. The van der Waals surface area contributed by atoms with Crippen molar-refractivity contribution in [3.05, 3.63) is 11.6 Å². The van der Waals surface area contributed by atoms with E-state index in [1.807, 2.05) is 0 Å². The summed E-state index contributed by atoms with van der Waals surface area (Å²) in [5, 5.41) is 8.26. The van der Waals surface area contributed by atoms with Crippen molar-refractivity contribution in [1.29, 1.82) is 0 Å². The molecule has 1 aliphatic rings. The third-order valence-corrected chi connectivity index (χ3v) is 3.28. The van der Waals surface area contributed by atoms with Crippen LogP contribution in [0.2, 0.25) is 0 Å². The molecular formula is C11H17ClN4O. The van der Waals surface area contributed by atoms with E-state index in [0.717, 1.165) is 37.5 Å². The zero-order chi connectivity index (χ0) is 12.3. The van der Waals surface area contributed by atoms with Gasteiger partial charge in [-0.25, -0.2) is 0 Å². The number of carbonyl (C=O) groups is 1. The van der Waals surface area contributed by atoms with Crippen LogP contribution in [0.5, 0.6) is 0 Å². The van der Waals surface area contributed by atoms with Gasteiger partial charge >= 0.3 is 0 Å².